The lowest BCUT2D eigenvalue weighted by molar-refractivity contribution is -0.137. The van der Waals surface area contributed by atoms with Crippen LogP contribution in [0.3, 0.4) is 0 Å². The lowest BCUT2D eigenvalue weighted by Crippen LogP contribution is -2.51. The predicted octanol–water partition coefficient (Wildman–Crippen LogP) is 0.503. The van der Waals surface area contributed by atoms with Crippen LogP contribution in [0.4, 0.5) is 0 Å². The molecule has 19 heavy (non-hydrogen) atoms. The second kappa shape index (κ2) is 6.89. The molecule has 2 aliphatic rings. The summed E-state index contributed by atoms with van der Waals surface area (Å²) in [5.41, 5.74) is 0. The minimum absolute atomic E-state index is 0.0186. The number of likely N-dealkylation sites (tertiary alicyclic amines) is 1. The van der Waals surface area contributed by atoms with E-state index >= 15 is 0 Å². The molecule has 2 aliphatic heterocycles. The molecule has 0 aromatic heterocycles. The number of hydrogen-bond acceptors (Lipinski definition) is 3. The van der Waals surface area contributed by atoms with E-state index in [4.69, 9.17) is 0 Å². The van der Waals surface area contributed by atoms with E-state index in [1.165, 1.54) is 6.42 Å². The summed E-state index contributed by atoms with van der Waals surface area (Å²) in [5.74, 6) is 0.104. The predicted molar refractivity (Wildman–Crippen MR) is 73.6 cm³/mol. The first kappa shape index (κ1) is 14.3. The van der Waals surface area contributed by atoms with Gasteiger partial charge in [-0.1, -0.05) is 0 Å². The molecule has 0 aromatic rings. The van der Waals surface area contributed by atoms with E-state index in [1.807, 2.05) is 4.90 Å². The zero-order chi connectivity index (χ0) is 13.7. The third-order valence-corrected chi connectivity index (χ3v) is 4.06. The van der Waals surface area contributed by atoms with E-state index in [0.717, 1.165) is 51.9 Å². The molecule has 5 heteroatoms. The van der Waals surface area contributed by atoms with Gasteiger partial charge in [0.1, 0.15) is 6.04 Å². The van der Waals surface area contributed by atoms with Crippen molar-refractivity contribution in [2.45, 2.75) is 45.1 Å². The van der Waals surface area contributed by atoms with E-state index in [9.17, 15) is 9.59 Å². The van der Waals surface area contributed by atoms with Crippen LogP contribution in [-0.2, 0) is 9.59 Å². The second-order valence-electron chi connectivity index (χ2n) is 5.66. The monoisotopic (exact) mass is 267 g/mol. The van der Waals surface area contributed by atoms with E-state index < -0.39 is 6.04 Å². The molecule has 1 unspecified atom stereocenters. The molecule has 108 valence electrons. The number of carbonyl (C=O) groups excluding carboxylic acids is 2. The molecule has 0 aliphatic carbocycles. The summed E-state index contributed by atoms with van der Waals surface area (Å²) in [4.78, 5) is 26.2. The van der Waals surface area contributed by atoms with Gasteiger partial charge in [-0.15, -0.1) is 0 Å². The normalized spacial score (nSPS) is 25.7. The van der Waals surface area contributed by atoms with Crippen LogP contribution in [0.15, 0.2) is 0 Å². The molecule has 2 amide bonds. The summed E-state index contributed by atoms with van der Waals surface area (Å²) in [5, 5.41) is 6.10. The molecular weight excluding hydrogens is 242 g/mol. The van der Waals surface area contributed by atoms with Crippen molar-refractivity contribution >= 4 is 11.8 Å². The van der Waals surface area contributed by atoms with Crippen molar-refractivity contribution in [3.63, 3.8) is 0 Å². The van der Waals surface area contributed by atoms with Gasteiger partial charge < -0.3 is 15.5 Å². The Kier molecular flexibility index (Phi) is 5.19. The van der Waals surface area contributed by atoms with Crippen molar-refractivity contribution in [2.75, 3.05) is 26.2 Å². The topological polar surface area (TPSA) is 61.4 Å². The highest BCUT2D eigenvalue weighted by Crippen LogP contribution is 2.12. The number of nitrogens with one attached hydrogen (secondary N) is 2. The van der Waals surface area contributed by atoms with Gasteiger partial charge in [-0.3, -0.25) is 9.59 Å². The van der Waals surface area contributed by atoms with Crippen molar-refractivity contribution in [3.8, 4) is 0 Å². The van der Waals surface area contributed by atoms with Gasteiger partial charge in [0, 0.05) is 19.6 Å². The zero-order valence-electron chi connectivity index (χ0n) is 11.8. The number of amides is 2. The lowest BCUT2D eigenvalue weighted by atomic mass is 9.98. The van der Waals surface area contributed by atoms with Crippen molar-refractivity contribution in [2.24, 2.45) is 5.92 Å². The van der Waals surface area contributed by atoms with Crippen LogP contribution in [0.2, 0.25) is 0 Å². The standard InChI is InChI=1S/C14H25N3O2/c1-11(14(19)17-8-3-2-4-9-17)16-13(18)12-6-5-7-15-10-12/h11-12,15H,2-10H2,1H3,(H,16,18)/t11?,12-/m0/s1. The Morgan fingerprint density at radius 3 is 2.58 bits per heavy atom. The second-order valence-corrected chi connectivity index (χ2v) is 5.66. The zero-order valence-corrected chi connectivity index (χ0v) is 11.8. The van der Waals surface area contributed by atoms with E-state index in [0.29, 0.717) is 0 Å². The average Bonchev–Trinajstić information content (AvgIpc) is 2.48. The number of rotatable bonds is 3. The Hall–Kier alpha value is -1.10. The maximum atomic E-state index is 12.2. The average molecular weight is 267 g/mol. The van der Waals surface area contributed by atoms with Crippen molar-refractivity contribution in [1.29, 1.82) is 0 Å². The highest BCUT2D eigenvalue weighted by Gasteiger charge is 2.27. The van der Waals surface area contributed by atoms with Gasteiger partial charge in [-0.25, -0.2) is 0 Å². The van der Waals surface area contributed by atoms with Crippen LogP contribution in [0, 0.1) is 5.92 Å². The van der Waals surface area contributed by atoms with Gasteiger partial charge >= 0.3 is 0 Å². The first-order valence-electron chi connectivity index (χ1n) is 7.48. The Morgan fingerprint density at radius 1 is 1.21 bits per heavy atom. The van der Waals surface area contributed by atoms with Crippen LogP contribution in [0.5, 0.6) is 0 Å². The summed E-state index contributed by atoms with van der Waals surface area (Å²) in [6.45, 7) is 5.20. The number of nitrogens with zero attached hydrogens (tertiary/aromatic N) is 1. The molecule has 0 radical (unpaired) electrons. The number of piperidine rings is 2. The van der Waals surface area contributed by atoms with Gasteiger partial charge in [0.15, 0.2) is 0 Å². The Morgan fingerprint density at radius 2 is 1.95 bits per heavy atom. The smallest absolute Gasteiger partial charge is 0.244 e. The van der Waals surface area contributed by atoms with Crippen LogP contribution in [0.25, 0.3) is 0 Å². The molecule has 2 rings (SSSR count). The molecule has 2 N–H and O–H groups in total. The largest absolute Gasteiger partial charge is 0.344 e. The molecule has 2 atom stereocenters. The highest BCUT2D eigenvalue weighted by molar-refractivity contribution is 5.88. The highest BCUT2D eigenvalue weighted by atomic mass is 16.2. The fourth-order valence-electron chi connectivity index (χ4n) is 2.86. The fraction of sp³-hybridized carbons (Fsp3) is 0.857. The van der Waals surface area contributed by atoms with Crippen LogP contribution in [-0.4, -0.2) is 48.9 Å². The minimum atomic E-state index is -0.396. The van der Waals surface area contributed by atoms with Crippen molar-refractivity contribution in [3.05, 3.63) is 0 Å². The summed E-state index contributed by atoms with van der Waals surface area (Å²) in [6.07, 6.45) is 5.33. The molecule has 0 spiro atoms. The van der Waals surface area contributed by atoms with E-state index in [1.54, 1.807) is 6.92 Å². The third-order valence-electron chi connectivity index (χ3n) is 4.06. The van der Waals surface area contributed by atoms with Gasteiger partial charge in [0.2, 0.25) is 11.8 Å². The first-order chi connectivity index (χ1) is 9.18. The maximum Gasteiger partial charge on any atom is 0.244 e. The number of carbonyl (C=O) groups is 2. The summed E-state index contributed by atoms with van der Waals surface area (Å²) >= 11 is 0. The molecule has 0 saturated carbocycles. The lowest BCUT2D eigenvalue weighted by Gasteiger charge is -2.30. The molecule has 0 bridgehead atoms. The molecule has 2 saturated heterocycles. The third kappa shape index (κ3) is 3.93. The van der Waals surface area contributed by atoms with Crippen LogP contribution >= 0.6 is 0 Å². The van der Waals surface area contributed by atoms with Crippen molar-refractivity contribution < 1.29 is 9.59 Å². The van der Waals surface area contributed by atoms with Crippen LogP contribution in [0.1, 0.15) is 39.0 Å². The quantitative estimate of drug-likeness (QED) is 0.783. The Bertz CT molecular complexity index is 321. The van der Waals surface area contributed by atoms with Gasteiger partial charge in [-0.2, -0.15) is 0 Å². The SMILES string of the molecule is CC(NC(=O)[C@H]1CCCNC1)C(=O)N1CCCCC1. The molecule has 5 nitrogen and oxygen atoms in total. The van der Waals surface area contributed by atoms with Gasteiger partial charge in [0.05, 0.1) is 5.92 Å². The fourth-order valence-corrected chi connectivity index (χ4v) is 2.86. The summed E-state index contributed by atoms with van der Waals surface area (Å²) < 4.78 is 0. The summed E-state index contributed by atoms with van der Waals surface area (Å²) in [6, 6.07) is -0.396. The van der Waals surface area contributed by atoms with Gasteiger partial charge in [0.25, 0.3) is 0 Å². The maximum absolute atomic E-state index is 12.2. The molecule has 0 aromatic carbocycles. The molecular formula is C14H25N3O2. The molecule has 2 heterocycles. The minimum Gasteiger partial charge on any atom is -0.344 e. The Balaban J connectivity index is 1.80. The van der Waals surface area contributed by atoms with E-state index in [2.05, 4.69) is 10.6 Å². The van der Waals surface area contributed by atoms with E-state index in [-0.39, 0.29) is 17.7 Å². The molecule has 2 fully saturated rings. The van der Waals surface area contributed by atoms with Gasteiger partial charge in [-0.05, 0) is 45.6 Å². The Labute approximate surface area is 115 Å². The summed E-state index contributed by atoms with van der Waals surface area (Å²) in [7, 11) is 0. The van der Waals surface area contributed by atoms with Crippen molar-refractivity contribution in [1.82, 2.24) is 15.5 Å². The first-order valence-corrected chi connectivity index (χ1v) is 7.48. The van der Waals surface area contributed by atoms with Crippen LogP contribution < -0.4 is 10.6 Å². The number of hydrogen-bond donors (Lipinski definition) is 2.